The lowest BCUT2D eigenvalue weighted by atomic mass is 9.71. The molecular formula is C27H27NO3S. The predicted molar refractivity (Wildman–Crippen MR) is 131 cm³/mol. The number of aromatic hydroxyl groups is 1. The number of hydrogen-bond acceptors (Lipinski definition) is 3. The Labute approximate surface area is 188 Å². The molecule has 1 heterocycles. The molecule has 3 aromatic carbocycles. The summed E-state index contributed by atoms with van der Waals surface area (Å²) in [7, 11) is -2.57. The molecule has 0 atom stereocenters. The molecule has 0 unspecified atom stereocenters. The first kappa shape index (κ1) is 20.7. The van der Waals surface area contributed by atoms with E-state index in [1.807, 2.05) is 42.7 Å². The van der Waals surface area contributed by atoms with Gasteiger partial charge in [-0.1, -0.05) is 60.2 Å². The summed E-state index contributed by atoms with van der Waals surface area (Å²) in [4.78, 5) is 17.6. The molecule has 4 aromatic rings. The van der Waals surface area contributed by atoms with Crippen LogP contribution in [0.2, 0.25) is 0 Å². The highest BCUT2D eigenvalue weighted by Gasteiger charge is 2.39. The molecule has 1 aliphatic carbocycles. The predicted octanol–water partition coefficient (Wildman–Crippen LogP) is 4.99. The van der Waals surface area contributed by atoms with E-state index in [0.717, 1.165) is 33.5 Å². The molecule has 0 aliphatic heterocycles. The van der Waals surface area contributed by atoms with Gasteiger partial charge in [-0.05, 0) is 54.1 Å². The molecule has 5 heteroatoms. The molecule has 2 N–H and O–H groups in total. The van der Waals surface area contributed by atoms with Crippen LogP contribution in [0.15, 0.2) is 71.6 Å². The molecule has 0 amide bonds. The van der Waals surface area contributed by atoms with Gasteiger partial charge in [-0.15, -0.1) is 0 Å². The molecule has 164 valence electrons. The minimum atomic E-state index is -2.57. The highest BCUT2D eigenvalue weighted by Crippen LogP contribution is 2.44. The van der Waals surface area contributed by atoms with Crippen molar-refractivity contribution in [2.75, 3.05) is 12.0 Å². The topological polar surface area (TPSA) is 70.2 Å². The number of aryl methyl sites for hydroxylation is 1. The van der Waals surface area contributed by atoms with Crippen LogP contribution >= 0.6 is 0 Å². The average molecular weight is 446 g/mol. The van der Waals surface area contributed by atoms with Crippen LogP contribution in [0, 0.1) is 0 Å². The fourth-order valence-electron chi connectivity index (χ4n) is 4.82. The van der Waals surface area contributed by atoms with Crippen LogP contribution in [0.3, 0.4) is 0 Å². The molecule has 4 nitrogen and oxygen atoms in total. The number of thiol groups is 1. The Morgan fingerprint density at radius 2 is 1.75 bits per heavy atom. The third-order valence-corrected chi connectivity index (χ3v) is 9.22. The number of carbonyl (C=O) groups excluding carboxylic acids is 1. The normalized spacial score (nSPS) is 15.4. The molecule has 32 heavy (non-hydrogen) atoms. The summed E-state index contributed by atoms with van der Waals surface area (Å²) in [6, 6.07) is 20.8. The van der Waals surface area contributed by atoms with Gasteiger partial charge in [0, 0.05) is 38.2 Å². The van der Waals surface area contributed by atoms with Crippen LogP contribution in [0.1, 0.15) is 46.6 Å². The molecule has 0 fully saturated rings. The van der Waals surface area contributed by atoms with E-state index in [-0.39, 0.29) is 11.5 Å². The van der Waals surface area contributed by atoms with Gasteiger partial charge in [0.25, 0.3) is 0 Å². The van der Waals surface area contributed by atoms with Crippen molar-refractivity contribution in [2.24, 2.45) is 0 Å². The second kappa shape index (κ2) is 7.17. The second-order valence-corrected chi connectivity index (χ2v) is 12.5. The maximum atomic E-state index is 13.6. The van der Waals surface area contributed by atoms with Crippen molar-refractivity contribution >= 4 is 26.6 Å². The Morgan fingerprint density at radius 3 is 2.50 bits per heavy atom. The van der Waals surface area contributed by atoms with Crippen molar-refractivity contribution in [3.8, 4) is 5.75 Å². The van der Waals surface area contributed by atoms with Crippen LogP contribution in [0.25, 0.3) is 10.9 Å². The molecule has 1 aromatic heterocycles. The van der Waals surface area contributed by atoms with Crippen molar-refractivity contribution < 1.29 is 14.1 Å². The number of carbonyl (C=O) groups is 1. The van der Waals surface area contributed by atoms with Crippen molar-refractivity contribution in [3.63, 3.8) is 0 Å². The fraction of sp³-hybridized carbons (Fsp3) is 0.222. The molecule has 5 rings (SSSR count). The summed E-state index contributed by atoms with van der Waals surface area (Å²) in [5.74, 6) is 0.701. The van der Waals surface area contributed by atoms with Gasteiger partial charge < -0.3 is 10.1 Å². The Bertz CT molecular complexity index is 1420. The van der Waals surface area contributed by atoms with E-state index >= 15 is 0 Å². The zero-order valence-corrected chi connectivity index (χ0v) is 19.4. The minimum Gasteiger partial charge on any atom is -0.508 e. The van der Waals surface area contributed by atoms with Crippen LogP contribution in [0.5, 0.6) is 5.75 Å². The molecule has 0 radical (unpaired) electrons. The van der Waals surface area contributed by atoms with E-state index in [1.165, 1.54) is 5.56 Å². The van der Waals surface area contributed by atoms with Gasteiger partial charge in [-0.3, -0.25) is 9.00 Å². The average Bonchev–Trinajstić information content (AvgIpc) is 3.17. The summed E-state index contributed by atoms with van der Waals surface area (Å²) in [5.41, 5.74) is 4.47. The second-order valence-electron chi connectivity index (χ2n) is 9.35. The summed E-state index contributed by atoms with van der Waals surface area (Å²) in [6.07, 6.45) is 2.60. The van der Waals surface area contributed by atoms with Gasteiger partial charge in [0.15, 0.2) is 5.78 Å². The van der Waals surface area contributed by atoms with Gasteiger partial charge in [0.2, 0.25) is 0 Å². The first-order chi connectivity index (χ1) is 15.2. The molecule has 0 saturated carbocycles. The fourth-order valence-corrected chi connectivity index (χ4v) is 6.55. The number of aromatic nitrogens is 1. The van der Waals surface area contributed by atoms with E-state index < -0.39 is 15.3 Å². The van der Waals surface area contributed by atoms with Crippen LogP contribution in [-0.2, 0) is 21.8 Å². The van der Waals surface area contributed by atoms with E-state index in [9.17, 15) is 14.1 Å². The summed E-state index contributed by atoms with van der Waals surface area (Å²) >= 11 is 0. The van der Waals surface area contributed by atoms with Crippen LogP contribution in [0.4, 0.5) is 0 Å². The van der Waals surface area contributed by atoms with Gasteiger partial charge in [0.05, 0.1) is 5.56 Å². The highest BCUT2D eigenvalue weighted by atomic mass is 32.2. The maximum Gasteiger partial charge on any atom is 0.195 e. The lowest BCUT2D eigenvalue weighted by molar-refractivity contribution is 0.103. The van der Waals surface area contributed by atoms with Crippen LogP contribution in [-0.4, -0.2) is 32.1 Å². The van der Waals surface area contributed by atoms with E-state index in [4.69, 9.17) is 0 Å². The third-order valence-electron chi connectivity index (χ3n) is 6.77. The number of phenolic OH excluding ortho intramolecular Hbond substituents is 1. The third kappa shape index (κ3) is 3.19. The van der Waals surface area contributed by atoms with Gasteiger partial charge >= 0.3 is 0 Å². The number of nitrogens with one attached hydrogen (secondary N) is 1. The molecule has 1 aliphatic rings. The maximum absolute atomic E-state index is 13.6. The Balaban J connectivity index is 1.56. The van der Waals surface area contributed by atoms with Gasteiger partial charge in [0.1, 0.15) is 5.75 Å². The van der Waals surface area contributed by atoms with Crippen molar-refractivity contribution in [1.82, 2.24) is 4.98 Å². The van der Waals surface area contributed by atoms with Gasteiger partial charge in [-0.25, -0.2) is 0 Å². The summed E-state index contributed by atoms with van der Waals surface area (Å²) < 4.78 is 13.6. The molecular weight excluding hydrogens is 418 g/mol. The van der Waals surface area contributed by atoms with E-state index in [1.54, 1.807) is 18.2 Å². The lowest BCUT2D eigenvalue weighted by Crippen LogP contribution is -2.30. The number of phenols is 1. The molecule has 0 bridgehead atoms. The zero-order chi connectivity index (χ0) is 22.7. The Kier molecular flexibility index (Phi) is 4.64. The standard InChI is InChI=1S/C27H27NO3S/c1-27(2)22-15-18(29)9-11-20(22)25(30)24-21-12-10-19(16-23(21)28-26(24)27)32(3,31)14-13-17-7-5-4-6-8-17/h4-12,15-16,28-29,32H,13-14H2,1-3H3. The number of aromatic amines is 1. The summed E-state index contributed by atoms with van der Waals surface area (Å²) in [6.45, 7) is 4.11. The first-order valence-corrected chi connectivity index (χ1v) is 13.2. The molecule has 0 saturated heterocycles. The van der Waals surface area contributed by atoms with E-state index in [0.29, 0.717) is 16.9 Å². The number of rotatable bonds is 4. The quantitative estimate of drug-likeness (QED) is 0.388. The minimum absolute atomic E-state index is 0.0444. The summed E-state index contributed by atoms with van der Waals surface area (Å²) in [5, 5.41) is 10.9. The number of benzene rings is 3. The Morgan fingerprint density at radius 1 is 1.00 bits per heavy atom. The number of hydrogen-bond donors (Lipinski definition) is 3. The number of H-pyrrole nitrogens is 1. The number of fused-ring (bicyclic) bond motifs is 4. The van der Waals surface area contributed by atoms with Crippen molar-refractivity contribution in [2.45, 2.75) is 30.6 Å². The van der Waals surface area contributed by atoms with Crippen molar-refractivity contribution in [3.05, 3.63) is 94.7 Å². The molecule has 0 spiro atoms. The first-order valence-electron chi connectivity index (χ1n) is 10.8. The lowest BCUT2D eigenvalue weighted by Gasteiger charge is -2.32. The zero-order valence-electron chi connectivity index (χ0n) is 18.5. The van der Waals surface area contributed by atoms with Crippen molar-refractivity contribution in [1.29, 1.82) is 0 Å². The number of ketones is 1. The van der Waals surface area contributed by atoms with Crippen LogP contribution < -0.4 is 0 Å². The Hall–Kier alpha value is -3.18. The SMILES string of the molecule is CC1(C)c2cc(O)ccc2C(=O)c2c1[nH]c1cc([SH](C)(=O)CCc3ccccc3)ccc21. The largest absolute Gasteiger partial charge is 0.508 e. The highest BCUT2D eigenvalue weighted by molar-refractivity contribution is 8.02. The smallest absolute Gasteiger partial charge is 0.195 e. The monoisotopic (exact) mass is 445 g/mol. The van der Waals surface area contributed by atoms with E-state index in [2.05, 4.69) is 31.0 Å². The van der Waals surface area contributed by atoms with Gasteiger partial charge in [-0.2, -0.15) is 0 Å².